The highest BCUT2D eigenvalue weighted by Crippen LogP contribution is 2.32. The van der Waals surface area contributed by atoms with Crippen molar-refractivity contribution in [1.82, 2.24) is 0 Å². The van der Waals surface area contributed by atoms with Gasteiger partial charge in [0.05, 0.1) is 12.2 Å². The van der Waals surface area contributed by atoms with Gasteiger partial charge in [0.25, 0.3) is 0 Å². The molecule has 0 spiro atoms. The van der Waals surface area contributed by atoms with Crippen molar-refractivity contribution in [2.24, 2.45) is 5.92 Å². The van der Waals surface area contributed by atoms with Crippen molar-refractivity contribution in [2.75, 3.05) is 6.61 Å². The number of ketones is 1. The van der Waals surface area contributed by atoms with Gasteiger partial charge in [-0.05, 0) is 31.8 Å². The average molecular weight is 264 g/mol. The van der Waals surface area contributed by atoms with E-state index in [-0.39, 0.29) is 24.4 Å². The van der Waals surface area contributed by atoms with Crippen molar-refractivity contribution in [1.29, 1.82) is 0 Å². The average Bonchev–Trinajstić information content (AvgIpc) is 2.67. The van der Waals surface area contributed by atoms with Crippen LogP contribution in [-0.4, -0.2) is 29.6 Å². The summed E-state index contributed by atoms with van der Waals surface area (Å²) < 4.78 is 5.31. The summed E-state index contributed by atoms with van der Waals surface area (Å²) in [4.78, 5) is 23.6. The molecule has 19 heavy (non-hydrogen) atoms. The third kappa shape index (κ3) is 2.95. The molecule has 0 radical (unpaired) electrons. The molecule has 4 heteroatoms. The molecule has 1 heterocycles. The fraction of sp³-hybridized carbons (Fsp3) is 0.600. The summed E-state index contributed by atoms with van der Waals surface area (Å²) in [6.07, 6.45) is 4.13. The highest BCUT2D eigenvalue weighted by atomic mass is 16.5. The first kappa shape index (κ1) is 14.0. The van der Waals surface area contributed by atoms with Crippen LogP contribution in [0.25, 0.3) is 0 Å². The summed E-state index contributed by atoms with van der Waals surface area (Å²) in [5.74, 6) is -0.384. The lowest BCUT2D eigenvalue weighted by Gasteiger charge is -2.19. The zero-order valence-electron chi connectivity index (χ0n) is 11.4. The number of aliphatic hydroxyl groups excluding tert-OH is 1. The lowest BCUT2D eigenvalue weighted by atomic mass is 9.88. The van der Waals surface area contributed by atoms with E-state index in [1.54, 1.807) is 0 Å². The van der Waals surface area contributed by atoms with Gasteiger partial charge in [-0.3, -0.25) is 4.79 Å². The molecule has 2 rings (SSSR count). The fourth-order valence-corrected chi connectivity index (χ4v) is 2.63. The van der Waals surface area contributed by atoms with Crippen LogP contribution in [0.15, 0.2) is 22.8 Å². The number of ether oxygens (including phenoxy) is 1. The summed E-state index contributed by atoms with van der Waals surface area (Å²) in [7, 11) is 0. The molecule has 2 atom stereocenters. The topological polar surface area (TPSA) is 63.6 Å². The van der Waals surface area contributed by atoms with Gasteiger partial charge in [-0.2, -0.15) is 0 Å². The minimum atomic E-state index is -0.428. The molecule has 0 fully saturated rings. The maximum Gasteiger partial charge on any atom is 0.337 e. The quantitative estimate of drug-likeness (QED) is 0.580. The van der Waals surface area contributed by atoms with E-state index in [4.69, 9.17) is 4.74 Å². The van der Waals surface area contributed by atoms with Gasteiger partial charge in [-0.15, -0.1) is 0 Å². The SMILES string of the molecule is C/C1=C\CC(=O)[C@H](C)C[C@H]2OC(=O)C(CO)=C2CC1. The van der Waals surface area contributed by atoms with Gasteiger partial charge in [0.15, 0.2) is 0 Å². The fourth-order valence-electron chi connectivity index (χ4n) is 2.63. The van der Waals surface area contributed by atoms with E-state index in [1.165, 1.54) is 0 Å². The smallest absolute Gasteiger partial charge is 0.337 e. The van der Waals surface area contributed by atoms with Gasteiger partial charge in [0.2, 0.25) is 0 Å². The number of hydrogen-bond donors (Lipinski definition) is 1. The van der Waals surface area contributed by atoms with Crippen LogP contribution in [0.1, 0.15) is 39.5 Å². The van der Waals surface area contributed by atoms with Crippen molar-refractivity contribution in [3.05, 3.63) is 22.8 Å². The van der Waals surface area contributed by atoms with E-state index in [2.05, 4.69) is 0 Å². The molecule has 0 saturated carbocycles. The molecule has 104 valence electrons. The number of fused-ring (bicyclic) bond motifs is 1. The number of rotatable bonds is 1. The first-order valence-electron chi connectivity index (χ1n) is 6.75. The predicted octanol–water partition coefficient (Wildman–Crippen LogP) is 1.93. The van der Waals surface area contributed by atoms with Crippen LogP contribution < -0.4 is 0 Å². The number of Topliss-reactive ketones (excluding diaryl/α,β-unsaturated/α-hetero) is 1. The predicted molar refractivity (Wildman–Crippen MR) is 70.4 cm³/mol. The minimum absolute atomic E-state index is 0.131. The Bertz CT molecular complexity index is 459. The molecule has 0 amide bonds. The highest BCUT2D eigenvalue weighted by molar-refractivity contribution is 5.92. The number of allylic oxidation sites excluding steroid dienone is 2. The molecule has 4 nitrogen and oxygen atoms in total. The first-order chi connectivity index (χ1) is 9.02. The second-order valence-corrected chi connectivity index (χ2v) is 5.41. The normalized spacial score (nSPS) is 31.6. The second-order valence-electron chi connectivity index (χ2n) is 5.41. The lowest BCUT2D eigenvalue weighted by Crippen LogP contribution is -2.21. The highest BCUT2D eigenvalue weighted by Gasteiger charge is 2.35. The molecular formula is C15H20O4. The molecule has 0 unspecified atom stereocenters. The Hall–Kier alpha value is -1.42. The molecule has 0 bridgehead atoms. The van der Waals surface area contributed by atoms with Gasteiger partial charge in [0, 0.05) is 12.3 Å². The van der Waals surface area contributed by atoms with Crippen molar-refractivity contribution in [3.63, 3.8) is 0 Å². The molecule has 0 saturated heterocycles. The summed E-state index contributed by atoms with van der Waals surface area (Å²) in [5, 5.41) is 9.31. The molecular weight excluding hydrogens is 244 g/mol. The molecule has 1 aliphatic carbocycles. The zero-order valence-corrected chi connectivity index (χ0v) is 11.4. The van der Waals surface area contributed by atoms with Crippen molar-refractivity contribution >= 4 is 11.8 Å². The maximum atomic E-state index is 11.9. The van der Waals surface area contributed by atoms with Gasteiger partial charge >= 0.3 is 5.97 Å². The summed E-state index contributed by atoms with van der Waals surface area (Å²) in [6, 6.07) is 0. The Morgan fingerprint density at radius 3 is 2.79 bits per heavy atom. The van der Waals surface area contributed by atoms with E-state index in [9.17, 15) is 14.7 Å². The minimum Gasteiger partial charge on any atom is -0.454 e. The van der Waals surface area contributed by atoms with E-state index in [0.717, 1.165) is 24.0 Å². The van der Waals surface area contributed by atoms with E-state index in [0.29, 0.717) is 18.4 Å². The Morgan fingerprint density at radius 2 is 2.11 bits per heavy atom. The van der Waals surface area contributed by atoms with E-state index >= 15 is 0 Å². The second kappa shape index (κ2) is 5.70. The van der Waals surface area contributed by atoms with Crippen LogP contribution in [0.3, 0.4) is 0 Å². The summed E-state index contributed by atoms with van der Waals surface area (Å²) in [6.45, 7) is 3.58. The van der Waals surface area contributed by atoms with E-state index in [1.807, 2.05) is 19.9 Å². The molecule has 0 aromatic carbocycles. The number of carbonyl (C=O) groups excluding carboxylic acids is 2. The van der Waals surface area contributed by atoms with Crippen molar-refractivity contribution in [2.45, 2.75) is 45.6 Å². The monoisotopic (exact) mass is 264 g/mol. The van der Waals surface area contributed by atoms with Crippen LogP contribution in [0.4, 0.5) is 0 Å². The lowest BCUT2D eigenvalue weighted by molar-refractivity contribution is -0.141. The first-order valence-corrected chi connectivity index (χ1v) is 6.75. The number of hydrogen-bond acceptors (Lipinski definition) is 4. The third-order valence-electron chi connectivity index (χ3n) is 3.99. The number of esters is 1. The Morgan fingerprint density at radius 1 is 1.37 bits per heavy atom. The summed E-state index contributed by atoms with van der Waals surface area (Å²) >= 11 is 0. The maximum absolute atomic E-state index is 11.9. The molecule has 0 aromatic heterocycles. The zero-order chi connectivity index (χ0) is 14.0. The number of aliphatic hydroxyl groups is 1. The van der Waals surface area contributed by atoms with Crippen molar-refractivity contribution < 1.29 is 19.4 Å². The van der Waals surface area contributed by atoms with Crippen LogP contribution in [0.2, 0.25) is 0 Å². The number of carbonyl (C=O) groups is 2. The van der Waals surface area contributed by atoms with Gasteiger partial charge < -0.3 is 9.84 Å². The van der Waals surface area contributed by atoms with E-state index < -0.39 is 5.97 Å². The summed E-state index contributed by atoms with van der Waals surface area (Å²) in [5.41, 5.74) is 2.41. The van der Waals surface area contributed by atoms with Gasteiger partial charge in [0.1, 0.15) is 11.9 Å². The Balaban J connectivity index is 2.31. The standard InChI is InChI=1S/C15H20O4/c1-9-3-5-11-12(8-16)15(18)19-14(11)7-10(2)13(17)6-4-9/h4,10,14,16H,3,5-8H2,1-2H3/b9-4+/t10-,14-/m1/s1. The third-order valence-corrected chi connectivity index (χ3v) is 3.99. The van der Waals surface area contributed by atoms with Crippen LogP contribution in [-0.2, 0) is 14.3 Å². The van der Waals surface area contributed by atoms with Gasteiger partial charge in [-0.1, -0.05) is 18.6 Å². The Labute approximate surface area is 113 Å². The van der Waals surface area contributed by atoms with Crippen molar-refractivity contribution in [3.8, 4) is 0 Å². The van der Waals surface area contributed by atoms with Gasteiger partial charge in [-0.25, -0.2) is 4.79 Å². The molecule has 1 aliphatic heterocycles. The van der Waals surface area contributed by atoms with Crippen LogP contribution in [0.5, 0.6) is 0 Å². The molecule has 2 aliphatic rings. The van der Waals surface area contributed by atoms with Crippen LogP contribution >= 0.6 is 0 Å². The Kier molecular flexibility index (Phi) is 4.20. The molecule has 1 N–H and O–H groups in total. The largest absolute Gasteiger partial charge is 0.454 e. The van der Waals surface area contributed by atoms with Crippen LogP contribution in [0, 0.1) is 5.92 Å². The molecule has 0 aromatic rings.